The molecule has 1 saturated heterocycles. The van der Waals surface area contributed by atoms with Gasteiger partial charge in [0, 0.05) is 36.8 Å². The maximum absolute atomic E-state index is 12.6. The molecule has 0 amide bonds. The van der Waals surface area contributed by atoms with E-state index in [2.05, 4.69) is 44.9 Å². The number of H-pyrrole nitrogens is 1. The summed E-state index contributed by atoms with van der Waals surface area (Å²) >= 11 is 3.61. The van der Waals surface area contributed by atoms with E-state index in [1.807, 2.05) is 11.7 Å². The highest BCUT2D eigenvalue weighted by Gasteiger charge is 2.30. The third-order valence-electron chi connectivity index (χ3n) is 6.35. The molecule has 1 aromatic heterocycles. The van der Waals surface area contributed by atoms with Crippen LogP contribution in [-0.2, 0) is 4.74 Å². The van der Waals surface area contributed by atoms with Crippen LogP contribution in [0.25, 0.3) is 11.0 Å². The molecule has 0 radical (unpaired) electrons. The maximum atomic E-state index is 12.6. The molecule has 1 N–H and O–H groups in total. The molecule has 0 atom stereocenters. The van der Waals surface area contributed by atoms with Crippen LogP contribution in [-0.4, -0.2) is 46.8 Å². The number of nitrogens with one attached hydrogen (secondary N) is 1. The summed E-state index contributed by atoms with van der Waals surface area (Å²) in [6.45, 7) is 4.22. The second-order valence-corrected chi connectivity index (χ2v) is 8.71. The third kappa shape index (κ3) is 3.39. The molecule has 1 aliphatic heterocycles. The van der Waals surface area contributed by atoms with Gasteiger partial charge in [-0.25, -0.2) is 4.79 Å². The fourth-order valence-corrected chi connectivity index (χ4v) is 5.10. The summed E-state index contributed by atoms with van der Waals surface area (Å²) in [6, 6.07) is 5.12. The predicted molar refractivity (Wildman–Crippen MR) is 108 cm³/mol. The lowest BCUT2D eigenvalue weighted by atomic mass is 9.90. The molecule has 0 bridgehead atoms. The minimum atomic E-state index is 0.0246. The molecule has 5 nitrogen and oxygen atoms in total. The Morgan fingerprint density at radius 3 is 2.42 bits per heavy atom. The van der Waals surface area contributed by atoms with Crippen molar-refractivity contribution in [3.05, 3.63) is 32.7 Å². The molecule has 2 fully saturated rings. The quantitative estimate of drug-likeness (QED) is 0.814. The molecule has 1 saturated carbocycles. The van der Waals surface area contributed by atoms with Gasteiger partial charge >= 0.3 is 5.69 Å². The van der Waals surface area contributed by atoms with E-state index in [1.54, 1.807) is 0 Å². The van der Waals surface area contributed by atoms with Gasteiger partial charge in [-0.05, 0) is 63.1 Å². The van der Waals surface area contributed by atoms with Crippen molar-refractivity contribution in [2.24, 2.45) is 0 Å². The highest BCUT2D eigenvalue weighted by molar-refractivity contribution is 9.10. The molecule has 0 unspecified atom stereocenters. The number of aryl methyl sites for hydroxylation is 1. The van der Waals surface area contributed by atoms with Crippen LogP contribution in [0.4, 0.5) is 0 Å². The van der Waals surface area contributed by atoms with Crippen molar-refractivity contribution in [1.82, 2.24) is 14.5 Å². The van der Waals surface area contributed by atoms with Crippen LogP contribution in [0.5, 0.6) is 0 Å². The largest absolute Gasteiger partial charge is 0.381 e. The van der Waals surface area contributed by atoms with Crippen LogP contribution in [0.1, 0.15) is 50.1 Å². The number of nitrogens with zero attached hydrogens (tertiary/aromatic N) is 2. The molecular weight excluding hydrogens is 394 g/mol. The fraction of sp³-hybridized carbons (Fsp3) is 0.650. The highest BCUT2D eigenvalue weighted by atomic mass is 79.9. The summed E-state index contributed by atoms with van der Waals surface area (Å²) in [6.07, 6.45) is 7.37. The van der Waals surface area contributed by atoms with Gasteiger partial charge in [0.15, 0.2) is 0 Å². The Labute approximate surface area is 162 Å². The number of aromatic nitrogens is 2. The van der Waals surface area contributed by atoms with Gasteiger partial charge in [0.1, 0.15) is 0 Å². The van der Waals surface area contributed by atoms with E-state index in [0.717, 1.165) is 47.0 Å². The zero-order valence-electron chi connectivity index (χ0n) is 15.6. The SMILES string of the molecule is COC1CCC(N2CCC(n3c(=O)[nH]c4cc(C)c(Br)cc43)CC2)CC1. The Morgan fingerprint density at radius 2 is 1.77 bits per heavy atom. The van der Waals surface area contributed by atoms with Crippen LogP contribution in [0.15, 0.2) is 21.4 Å². The number of imidazole rings is 1. The lowest BCUT2D eigenvalue weighted by Gasteiger charge is -2.40. The lowest BCUT2D eigenvalue weighted by molar-refractivity contribution is 0.0296. The molecule has 142 valence electrons. The fourth-order valence-electron chi connectivity index (χ4n) is 4.77. The van der Waals surface area contributed by atoms with Crippen LogP contribution < -0.4 is 5.69 Å². The minimum absolute atomic E-state index is 0.0246. The molecule has 2 aliphatic rings. The highest BCUT2D eigenvalue weighted by Crippen LogP contribution is 2.31. The number of hydrogen-bond acceptors (Lipinski definition) is 3. The Kier molecular flexibility index (Phi) is 5.26. The van der Waals surface area contributed by atoms with Crippen molar-refractivity contribution in [1.29, 1.82) is 0 Å². The first kappa shape index (κ1) is 18.3. The van der Waals surface area contributed by atoms with Gasteiger partial charge in [-0.2, -0.15) is 0 Å². The summed E-state index contributed by atoms with van der Waals surface area (Å²) in [5.41, 5.74) is 3.13. The second kappa shape index (κ2) is 7.49. The molecule has 0 spiro atoms. The summed E-state index contributed by atoms with van der Waals surface area (Å²) in [4.78, 5) is 18.3. The van der Waals surface area contributed by atoms with Crippen molar-refractivity contribution in [2.75, 3.05) is 20.2 Å². The van der Waals surface area contributed by atoms with Crippen LogP contribution in [0.2, 0.25) is 0 Å². The first-order chi connectivity index (χ1) is 12.6. The van der Waals surface area contributed by atoms with E-state index in [0.29, 0.717) is 12.1 Å². The van der Waals surface area contributed by atoms with E-state index in [-0.39, 0.29) is 11.7 Å². The van der Waals surface area contributed by atoms with E-state index in [1.165, 1.54) is 25.7 Å². The van der Waals surface area contributed by atoms with Crippen molar-refractivity contribution < 1.29 is 4.74 Å². The number of aromatic amines is 1. The third-order valence-corrected chi connectivity index (χ3v) is 7.21. The Balaban J connectivity index is 1.47. The van der Waals surface area contributed by atoms with Crippen LogP contribution >= 0.6 is 15.9 Å². The van der Waals surface area contributed by atoms with Gasteiger partial charge in [0.05, 0.1) is 17.1 Å². The number of rotatable bonds is 3. The monoisotopic (exact) mass is 421 g/mol. The minimum Gasteiger partial charge on any atom is -0.381 e. The topological polar surface area (TPSA) is 50.3 Å². The molecular formula is C20H28BrN3O2. The molecule has 2 heterocycles. The maximum Gasteiger partial charge on any atom is 0.326 e. The number of fused-ring (bicyclic) bond motifs is 1. The number of methoxy groups -OCH3 is 1. The number of piperidine rings is 1. The van der Waals surface area contributed by atoms with Crippen molar-refractivity contribution in [3.8, 4) is 0 Å². The molecule has 6 heteroatoms. The molecule has 2 aromatic rings. The average molecular weight is 422 g/mol. The second-order valence-electron chi connectivity index (χ2n) is 7.85. The number of benzene rings is 1. The first-order valence-corrected chi connectivity index (χ1v) is 10.5. The number of ether oxygens (including phenoxy) is 1. The van der Waals surface area contributed by atoms with Gasteiger partial charge in [0.2, 0.25) is 0 Å². The summed E-state index contributed by atoms with van der Waals surface area (Å²) in [7, 11) is 1.83. The average Bonchev–Trinajstić information content (AvgIpc) is 2.97. The van der Waals surface area contributed by atoms with E-state index in [4.69, 9.17) is 4.74 Å². The Bertz CT molecular complexity index is 827. The van der Waals surface area contributed by atoms with Crippen molar-refractivity contribution >= 4 is 27.0 Å². The van der Waals surface area contributed by atoms with E-state index < -0.39 is 0 Å². The van der Waals surface area contributed by atoms with Gasteiger partial charge in [-0.1, -0.05) is 15.9 Å². The number of likely N-dealkylation sites (tertiary alicyclic amines) is 1. The lowest BCUT2D eigenvalue weighted by Crippen LogP contribution is -2.45. The van der Waals surface area contributed by atoms with Gasteiger partial charge in [-0.15, -0.1) is 0 Å². The molecule has 26 heavy (non-hydrogen) atoms. The number of hydrogen-bond donors (Lipinski definition) is 1. The smallest absolute Gasteiger partial charge is 0.326 e. The zero-order chi connectivity index (χ0) is 18.3. The molecule has 1 aromatic carbocycles. The summed E-state index contributed by atoms with van der Waals surface area (Å²) < 4.78 is 8.55. The Hall–Kier alpha value is -1.11. The van der Waals surface area contributed by atoms with Crippen LogP contribution in [0.3, 0.4) is 0 Å². The predicted octanol–water partition coefficient (Wildman–Crippen LogP) is 4.00. The summed E-state index contributed by atoms with van der Waals surface area (Å²) in [5, 5.41) is 0. The van der Waals surface area contributed by atoms with E-state index in [9.17, 15) is 4.79 Å². The zero-order valence-corrected chi connectivity index (χ0v) is 17.2. The molecule has 1 aliphatic carbocycles. The normalized spacial score (nSPS) is 25.8. The van der Waals surface area contributed by atoms with E-state index >= 15 is 0 Å². The Morgan fingerprint density at radius 1 is 1.08 bits per heavy atom. The van der Waals surface area contributed by atoms with Crippen LogP contribution in [0, 0.1) is 6.92 Å². The van der Waals surface area contributed by atoms with Gasteiger partial charge < -0.3 is 14.6 Å². The van der Waals surface area contributed by atoms with Gasteiger partial charge in [-0.3, -0.25) is 4.57 Å². The van der Waals surface area contributed by atoms with Crippen molar-refractivity contribution in [3.63, 3.8) is 0 Å². The number of halogens is 1. The summed E-state index contributed by atoms with van der Waals surface area (Å²) in [5.74, 6) is 0. The molecule has 4 rings (SSSR count). The van der Waals surface area contributed by atoms with Crippen molar-refractivity contribution in [2.45, 2.75) is 63.6 Å². The van der Waals surface area contributed by atoms with Gasteiger partial charge in [0.25, 0.3) is 0 Å². The first-order valence-electron chi connectivity index (χ1n) is 9.74. The standard InChI is InChI=1S/C20H28BrN3O2/c1-13-11-18-19(12-17(13)21)24(20(25)22-18)15-7-9-23(10-8-15)14-3-5-16(26-2)6-4-14/h11-12,14-16H,3-10H2,1-2H3,(H,22,25).